The van der Waals surface area contributed by atoms with Crippen LogP contribution in [0.4, 0.5) is 4.79 Å². The highest BCUT2D eigenvalue weighted by Gasteiger charge is 2.40. The molecule has 7 heteroatoms. The summed E-state index contributed by atoms with van der Waals surface area (Å²) in [5.41, 5.74) is 1.52. The highest BCUT2D eigenvalue weighted by Crippen LogP contribution is 2.33. The van der Waals surface area contributed by atoms with Crippen LogP contribution in [0.5, 0.6) is 0 Å². The van der Waals surface area contributed by atoms with E-state index in [9.17, 15) is 4.79 Å². The number of ether oxygens (including phenoxy) is 2. The minimum Gasteiger partial charge on any atom is -0.444 e. The molecule has 0 aliphatic carbocycles. The molecule has 1 aromatic heterocycles. The smallest absolute Gasteiger partial charge is 0.411 e. The van der Waals surface area contributed by atoms with Gasteiger partial charge < -0.3 is 9.47 Å². The second kappa shape index (κ2) is 6.09. The molecule has 0 aromatic carbocycles. The van der Waals surface area contributed by atoms with E-state index in [-0.39, 0.29) is 23.5 Å². The SMILES string of the molecule is CC(C)(C)OC(=O)N1C2C=C(c3cnc(Cl)nc3)CC1COC2. The van der Waals surface area contributed by atoms with Crippen LogP contribution in [-0.4, -0.2) is 51.9 Å². The Hall–Kier alpha value is -1.66. The van der Waals surface area contributed by atoms with Gasteiger partial charge in [-0.15, -0.1) is 0 Å². The van der Waals surface area contributed by atoms with Crippen molar-refractivity contribution in [1.29, 1.82) is 0 Å². The molecule has 1 aromatic rings. The maximum absolute atomic E-state index is 12.5. The molecule has 0 N–H and O–H groups in total. The van der Waals surface area contributed by atoms with Crippen LogP contribution in [0.25, 0.3) is 5.57 Å². The van der Waals surface area contributed by atoms with Crippen LogP contribution in [0, 0.1) is 0 Å². The molecule has 6 nitrogen and oxygen atoms in total. The second-order valence-corrected chi connectivity index (χ2v) is 7.12. The van der Waals surface area contributed by atoms with Gasteiger partial charge in [0.1, 0.15) is 5.60 Å². The number of hydrogen-bond acceptors (Lipinski definition) is 5. The zero-order valence-electron chi connectivity index (χ0n) is 13.5. The third-order valence-corrected chi connectivity index (χ3v) is 3.99. The number of aromatic nitrogens is 2. The molecule has 0 radical (unpaired) electrons. The molecular weight excluding hydrogens is 318 g/mol. The lowest BCUT2D eigenvalue weighted by Crippen LogP contribution is -2.57. The summed E-state index contributed by atoms with van der Waals surface area (Å²) in [5, 5.41) is 0.226. The van der Waals surface area contributed by atoms with Crippen LogP contribution in [0.2, 0.25) is 5.28 Å². The number of hydrogen-bond donors (Lipinski definition) is 0. The van der Waals surface area contributed by atoms with Gasteiger partial charge in [0.2, 0.25) is 5.28 Å². The van der Waals surface area contributed by atoms with Crippen molar-refractivity contribution in [3.63, 3.8) is 0 Å². The quantitative estimate of drug-likeness (QED) is 0.737. The lowest BCUT2D eigenvalue weighted by atomic mass is 9.91. The van der Waals surface area contributed by atoms with Gasteiger partial charge in [0.05, 0.1) is 25.3 Å². The molecule has 23 heavy (non-hydrogen) atoms. The molecule has 0 spiro atoms. The van der Waals surface area contributed by atoms with Crippen LogP contribution < -0.4 is 0 Å². The van der Waals surface area contributed by atoms with Crippen molar-refractivity contribution < 1.29 is 14.3 Å². The Morgan fingerprint density at radius 3 is 2.65 bits per heavy atom. The first-order chi connectivity index (χ1) is 10.8. The van der Waals surface area contributed by atoms with Crippen LogP contribution in [0.15, 0.2) is 18.5 Å². The second-order valence-electron chi connectivity index (χ2n) is 6.78. The number of morpholine rings is 1. The number of carbonyl (C=O) groups excluding carboxylic acids is 1. The topological polar surface area (TPSA) is 64.5 Å². The zero-order valence-corrected chi connectivity index (χ0v) is 14.2. The summed E-state index contributed by atoms with van der Waals surface area (Å²) in [6.07, 6.45) is 5.84. The predicted octanol–water partition coefficient (Wildman–Crippen LogP) is 2.92. The highest BCUT2D eigenvalue weighted by molar-refractivity contribution is 6.28. The minimum atomic E-state index is -0.514. The maximum atomic E-state index is 12.5. The molecule has 0 saturated carbocycles. The normalized spacial score (nSPS) is 24.2. The lowest BCUT2D eigenvalue weighted by molar-refractivity contribution is -0.0510. The number of fused-ring (bicyclic) bond motifs is 2. The largest absolute Gasteiger partial charge is 0.444 e. The molecule has 2 aliphatic heterocycles. The Morgan fingerprint density at radius 1 is 1.35 bits per heavy atom. The summed E-state index contributed by atoms with van der Waals surface area (Å²) < 4.78 is 11.1. The van der Waals surface area contributed by atoms with Gasteiger partial charge >= 0.3 is 6.09 Å². The fourth-order valence-electron chi connectivity index (χ4n) is 2.89. The van der Waals surface area contributed by atoms with E-state index in [2.05, 4.69) is 9.97 Å². The first-order valence-corrected chi connectivity index (χ1v) is 7.99. The van der Waals surface area contributed by atoms with Crippen LogP contribution >= 0.6 is 11.6 Å². The molecule has 2 unspecified atom stereocenters. The van der Waals surface area contributed by atoms with E-state index in [1.807, 2.05) is 26.8 Å². The Bertz CT molecular complexity index is 624. The highest BCUT2D eigenvalue weighted by atomic mass is 35.5. The summed E-state index contributed by atoms with van der Waals surface area (Å²) >= 11 is 5.74. The maximum Gasteiger partial charge on any atom is 0.411 e. The molecule has 124 valence electrons. The van der Waals surface area contributed by atoms with Crippen LogP contribution in [0.1, 0.15) is 32.8 Å². The molecular formula is C16H20ClN3O3. The van der Waals surface area contributed by atoms with Gasteiger partial charge in [0, 0.05) is 18.0 Å². The average molecular weight is 338 g/mol. The Balaban J connectivity index is 1.84. The van der Waals surface area contributed by atoms with Crippen molar-refractivity contribution in [2.75, 3.05) is 13.2 Å². The molecule has 2 atom stereocenters. The number of nitrogens with zero attached hydrogens (tertiary/aromatic N) is 3. The summed E-state index contributed by atoms with van der Waals surface area (Å²) in [4.78, 5) is 22.3. The number of halogens is 1. The number of carbonyl (C=O) groups is 1. The molecule has 1 saturated heterocycles. The van der Waals surface area contributed by atoms with E-state index < -0.39 is 5.60 Å². The summed E-state index contributed by atoms with van der Waals surface area (Å²) in [6.45, 7) is 6.57. The minimum absolute atomic E-state index is 0.0423. The average Bonchev–Trinajstić information content (AvgIpc) is 2.44. The Kier molecular flexibility index (Phi) is 4.29. The fraction of sp³-hybridized carbons (Fsp3) is 0.562. The Labute approximate surface area is 140 Å². The van der Waals surface area contributed by atoms with Crippen molar-refractivity contribution in [3.05, 3.63) is 29.3 Å². The van der Waals surface area contributed by atoms with E-state index in [0.717, 1.165) is 11.1 Å². The van der Waals surface area contributed by atoms with E-state index in [0.29, 0.717) is 19.6 Å². The number of amides is 1. The number of rotatable bonds is 1. The van der Waals surface area contributed by atoms with Crippen molar-refractivity contribution in [2.24, 2.45) is 0 Å². The van der Waals surface area contributed by atoms with Gasteiger partial charge in [-0.05, 0) is 44.4 Å². The molecule has 3 heterocycles. The molecule has 1 fully saturated rings. The third-order valence-electron chi connectivity index (χ3n) is 3.79. The van der Waals surface area contributed by atoms with Crippen LogP contribution in [-0.2, 0) is 9.47 Å². The van der Waals surface area contributed by atoms with E-state index in [1.54, 1.807) is 17.3 Å². The van der Waals surface area contributed by atoms with Crippen molar-refractivity contribution in [1.82, 2.24) is 14.9 Å². The molecule has 1 amide bonds. The van der Waals surface area contributed by atoms with Gasteiger partial charge in [-0.1, -0.05) is 6.08 Å². The first-order valence-electron chi connectivity index (χ1n) is 7.61. The van der Waals surface area contributed by atoms with Gasteiger partial charge in [0.15, 0.2) is 0 Å². The van der Waals surface area contributed by atoms with Crippen molar-refractivity contribution >= 4 is 23.3 Å². The van der Waals surface area contributed by atoms with Gasteiger partial charge in [-0.3, -0.25) is 4.90 Å². The monoisotopic (exact) mass is 337 g/mol. The zero-order chi connectivity index (χ0) is 16.6. The summed E-state index contributed by atoms with van der Waals surface area (Å²) in [6, 6.07) is -0.178. The Morgan fingerprint density at radius 2 is 2.04 bits per heavy atom. The van der Waals surface area contributed by atoms with Crippen LogP contribution in [0.3, 0.4) is 0 Å². The molecule has 2 bridgehead atoms. The van der Waals surface area contributed by atoms with E-state index in [1.165, 1.54) is 0 Å². The van der Waals surface area contributed by atoms with Gasteiger partial charge in [-0.2, -0.15) is 0 Å². The summed E-state index contributed by atoms with van der Waals surface area (Å²) in [7, 11) is 0. The fourth-order valence-corrected chi connectivity index (χ4v) is 2.98. The first kappa shape index (κ1) is 16.2. The third kappa shape index (κ3) is 3.64. The summed E-state index contributed by atoms with van der Waals surface area (Å²) in [5.74, 6) is 0. The van der Waals surface area contributed by atoms with E-state index >= 15 is 0 Å². The van der Waals surface area contributed by atoms with Crippen molar-refractivity contribution in [2.45, 2.75) is 44.9 Å². The predicted molar refractivity (Wildman–Crippen MR) is 86.1 cm³/mol. The standard InChI is InChI=1S/C16H20ClN3O3/c1-16(2,3)23-15(21)20-12-4-10(5-13(20)9-22-8-12)11-6-18-14(17)19-7-11/h4,6-7,12-13H,5,8-9H2,1-3H3. The van der Waals surface area contributed by atoms with Crippen molar-refractivity contribution in [3.8, 4) is 0 Å². The lowest BCUT2D eigenvalue weighted by Gasteiger charge is -2.44. The van der Waals surface area contributed by atoms with Gasteiger partial charge in [-0.25, -0.2) is 14.8 Å². The molecule has 3 rings (SSSR count). The van der Waals surface area contributed by atoms with E-state index in [4.69, 9.17) is 21.1 Å². The van der Waals surface area contributed by atoms with Gasteiger partial charge in [0.25, 0.3) is 0 Å². The molecule has 2 aliphatic rings.